The smallest absolute Gasteiger partial charge is 0.267 e. The van der Waals surface area contributed by atoms with Crippen LogP contribution in [0.1, 0.15) is 40.7 Å². The molecule has 0 aliphatic heterocycles. The maximum absolute atomic E-state index is 12.4. The predicted molar refractivity (Wildman–Crippen MR) is 77.9 cm³/mol. The molecular formula is C14H17N3O2S. The van der Waals surface area contributed by atoms with Gasteiger partial charge in [-0.05, 0) is 35.1 Å². The van der Waals surface area contributed by atoms with E-state index < -0.39 is 0 Å². The normalized spacial score (nSPS) is 10.8. The fraction of sp³-hybridized carbons (Fsp3) is 0.357. The average Bonchev–Trinajstić information content (AvgIpc) is 2.90. The number of phenolic OH excluding ortho intramolecular Hbond substituents is 1. The van der Waals surface area contributed by atoms with Gasteiger partial charge in [0.25, 0.3) is 5.91 Å². The molecule has 5 nitrogen and oxygen atoms in total. The van der Waals surface area contributed by atoms with Crippen molar-refractivity contribution in [3.63, 3.8) is 0 Å². The lowest BCUT2D eigenvalue weighted by Gasteiger charge is -2.17. The highest BCUT2D eigenvalue weighted by Crippen LogP contribution is 2.21. The summed E-state index contributed by atoms with van der Waals surface area (Å²) >= 11 is 1.14. The second-order valence-electron chi connectivity index (χ2n) is 4.97. The summed E-state index contributed by atoms with van der Waals surface area (Å²) in [6.45, 7) is 4.47. The Balaban J connectivity index is 2.12. The van der Waals surface area contributed by atoms with E-state index in [0.29, 0.717) is 11.4 Å². The van der Waals surface area contributed by atoms with Crippen LogP contribution < -0.4 is 0 Å². The lowest BCUT2D eigenvalue weighted by molar-refractivity contribution is 0.0788. The quantitative estimate of drug-likeness (QED) is 0.940. The van der Waals surface area contributed by atoms with Crippen molar-refractivity contribution in [3.05, 3.63) is 40.4 Å². The molecule has 0 unspecified atom stereocenters. The van der Waals surface area contributed by atoms with E-state index in [9.17, 15) is 9.90 Å². The number of hydrogen-bond acceptors (Lipinski definition) is 5. The fourth-order valence-corrected chi connectivity index (χ4v) is 2.66. The first kappa shape index (κ1) is 14.5. The summed E-state index contributed by atoms with van der Waals surface area (Å²) in [6.07, 6.45) is 0. The van der Waals surface area contributed by atoms with E-state index in [1.807, 2.05) is 13.8 Å². The molecule has 0 radical (unpaired) electrons. The van der Waals surface area contributed by atoms with Gasteiger partial charge in [-0.15, -0.1) is 5.10 Å². The number of benzene rings is 1. The van der Waals surface area contributed by atoms with Gasteiger partial charge in [-0.3, -0.25) is 4.79 Å². The van der Waals surface area contributed by atoms with Gasteiger partial charge in [-0.2, -0.15) is 0 Å². The monoisotopic (exact) mass is 291 g/mol. The van der Waals surface area contributed by atoms with Crippen LogP contribution in [0.5, 0.6) is 5.75 Å². The molecule has 0 atom stereocenters. The lowest BCUT2D eigenvalue weighted by Crippen LogP contribution is -2.26. The Labute approximate surface area is 122 Å². The fourth-order valence-electron chi connectivity index (χ4n) is 1.84. The third kappa shape index (κ3) is 3.14. The Hall–Kier alpha value is -1.95. The molecule has 0 saturated carbocycles. The molecule has 2 aromatic rings. The zero-order valence-corrected chi connectivity index (χ0v) is 12.5. The first-order chi connectivity index (χ1) is 9.49. The predicted octanol–water partition coefficient (Wildman–Crippen LogP) is 2.64. The van der Waals surface area contributed by atoms with E-state index >= 15 is 0 Å². The molecule has 20 heavy (non-hydrogen) atoms. The zero-order valence-electron chi connectivity index (χ0n) is 11.7. The van der Waals surface area contributed by atoms with Gasteiger partial charge in [-0.1, -0.05) is 30.5 Å². The molecule has 0 fully saturated rings. The molecule has 1 amide bonds. The van der Waals surface area contributed by atoms with Gasteiger partial charge < -0.3 is 10.0 Å². The van der Waals surface area contributed by atoms with E-state index in [0.717, 1.165) is 22.8 Å². The van der Waals surface area contributed by atoms with Crippen LogP contribution >= 0.6 is 11.5 Å². The molecule has 1 N–H and O–H groups in total. The summed E-state index contributed by atoms with van der Waals surface area (Å²) in [7, 11) is 1.75. The zero-order chi connectivity index (χ0) is 14.7. The van der Waals surface area contributed by atoms with Crippen molar-refractivity contribution in [2.75, 3.05) is 7.05 Å². The summed E-state index contributed by atoms with van der Waals surface area (Å²) in [5, 5.41) is 13.3. The number of aromatic hydroxyl groups is 1. The third-order valence-electron chi connectivity index (χ3n) is 2.96. The van der Waals surface area contributed by atoms with Crippen LogP contribution in [0.2, 0.25) is 0 Å². The van der Waals surface area contributed by atoms with E-state index in [-0.39, 0.29) is 17.6 Å². The number of carbonyl (C=O) groups is 1. The van der Waals surface area contributed by atoms with Crippen molar-refractivity contribution in [2.45, 2.75) is 26.3 Å². The number of rotatable bonds is 4. The second kappa shape index (κ2) is 6.00. The highest BCUT2D eigenvalue weighted by atomic mass is 32.1. The standard InChI is InChI=1S/C14H17N3O2S/c1-9(2)12-13(20-16-15-12)14(19)17(3)8-10-4-6-11(18)7-5-10/h4-7,9,18H,8H2,1-3H3. The lowest BCUT2D eigenvalue weighted by atomic mass is 10.1. The minimum Gasteiger partial charge on any atom is -0.508 e. The van der Waals surface area contributed by atoms with Gasteiger partial charge in [0, 0.05) is 13.6 Å². The van der Waals surface area contributed by atoms with E-state index in [1.165, 1.54) is 0 Å². The Morgan fingerprint density at radius 1 is 1.35 bits per heavy atom. The topological polar surface area (TPSA) is 66.3 Å². The number of hydrogen-bond donors (Lipinski definition) is 1. The molecule has 1 aromatic heterocycles. The Morgan fingerprint density at radius 3 is 2.60 bits per heavy atom. The summed E-state index contributed by atoms with van der Waals surface area (Å²) in [5.74, 6) is 0.322. The number of carbonyl (C=O) groups excluding carboxylic acids is 1. The van der Waals surface area contributed by atoms with Gasteiger partial charge in [0.15, 0.2) is 0 Å². The van der Waals surface area contributed by atoms with Crippen LogP contribution in [-0.4, -0.2) is 32.5 Å². The molecule has 1 heterocycles. The molecule has 106 valence electrons. The number of nitrogens with zero attached hydrogens (tertiary/aromatic N) is 3. The molecular weight excluding hydrogens is 274 g/mol. The molecule has 0 bridgehead atoms. The van der Waals surface area contributed by atoms with E-state index in [1.54, 1.807) is 36.2 Å². The Morgan fingerprint density at radius 2 is 2.00 bits per heavy atom. The SMILES string of the molecule is CC(C)c1nnsc1C(=O)N(C)Cc1ccc(O)cc1. The summed E-state index contributed by atoms with van der Waals surface area (Å²) in [6, 6.07) is 6.82. The number of aromatic nitrogens is 2. The van der Waals surface area contributed by atoms with Crippen molar-refractivity contribution in [3.8, 4) is 5.75 Å². The van der Waals surface area contributed by atoms with Crippen LogP contribution in [0.25, 0.3) is 0 Å². The third-order valence-corrected chi connectivity index (χ3v) is 3.69. The van der Waals surface area contributed by atoms with Crippen LogP contribution in [0.3, 0.4) is 0 Å². The second-order valence-corrected chi connectivity index (χ2v) is 5.72. The molecule has 6 heteroatoms. The van der Waals surface area contributed by atoms with Crippen molar-refractivity contribution in [1.29, 1.82) is 0 Å². The first-order valence-corrected chi connectivity index (χ1v) is 7.12. The van der Waals surface area contributed by atoms with Gasteiger partial charge in [0.05, 0.1) is 5.69 Å². The Bertz CT molecular complexity index is 593. The maximum atomic E-state index is 12.4. The van der Waals surface area contributed by atoms with Crippen molar-refractivity contribution in [1.82, 2.24) is 14.5 Å². The molecule has 0 aliphatic rings. The average molecular weight is 291 g/mol. The van der Waals surface area contributed by atoms with E-state index in [4.69, 9.17) is 0 Å². The van der Waals surface area contributed by atoms with Gasteiger partial charge in [-0.25, -0.2) is 0 Å². The van der Waals surface area contributed by atoms with Crippen LogP contribution in [0.4, 0.5) is 0 Å². The molecule has 1 aromatic carbocycles. The van der Waals surface area contributed by atoms with Crippen LogP contribution in [-0.2, 0) is 6.54 Å². The van der Waals surface area contributed by atoms with Gasteiger partial charge >= 0.3 is 0 Å². The minimum absolute atomic E-state index is 0.0724. The molecule has 0 spiro atoms. The van der Waals surface area contributed by atoms with Crippen molar-refractivity contribution < 1.29 is 9.90 Å². The largest absolute Gasteiger partial charge is 0.508 e. The van der Waals surface area contributed by atoms with Crippen LogP contribution in [0, 0.1) is 0 Å². The first-order valence-electron chi connectivity index (χ1n) is 6.34. The molecule has 0 aliphatic carbocycles. The minimum atomic E-state index is -0.0724. The number of phenols is 1. The highest BCUT2D eigenvalue weighted by Gasteiger charge is 2.21. The van der Waals surface area contributed by atoms with Crippen LogP contribution in [0.15, 0.2) is 24.3 Å². The van der Waals surface area contributed by atoms with E-state index in [2.05, 4.69) is 9.59 Å². The highest BCUT2D eigenvalue weighted by molar-refractivity contribution is 7.08. The van der Waals surface area contributed by atoms with Gasteiger partial charge in [0.1, 0.15) is 10.6 Å². The number of amides is 1. The summed E-state index contributed by atoms with van der Waals surface area (Å²) in [4.78, 5) is 14.6. The Kier molecular flexibility index (Phi) is 4.34. The van der Waals surface area contributed by atoms with Crippen molar-refractivity contribution in [2.24, 2.45) is 0 Å². The summed E-state index contributed by atoms with van der Waals surface area (Å²) < 4.78 is 3.88. The van der Waals surface area contributed by atoms with Crippen molar-refractivity contribution >= 4 is 17.4 Å². The van der Waals surface area contributed by atoms with Gasteiger partial charge in [0.2, 0.25) is 0 Å². The molecule has 0 saturated heterocycles. The molecule has 2 rings (SSSR count). The summed E-state index contributed by atoms with van der Waals surface area (Å²) in [5.41, 5.74) is 1.71. The maximum Gasteiger partial charge on any atom is 0.267 e.